The first-order chi connectivity index (χ1) is 16.6. The number of rotatable bonds is 9. The standard InChI is InChI=1S/C26H32N6O2/c1-4-28-26-29-16-21-24(30-26)31(3)14-15-32(25(21)33)22-13-9-8-12-20(22)18-34-23(17-27-2)19-10-6-5-7-11-19/h5-13,16,23,27H,4,14-15,17-18H2,1-3H3,(H,28,29,30). The molecule has 4 rings (SSSR count). The van der Waals surface area contributed by atoms with E-state index in [1.165, 1.54) is 0 Å². The van der Waals surface area contributed by atoms with E-state index in [2.05, 4.69) is 32.7 Å². The van der Waals surface area contributed by atoms with Crippen LogP contribution < -0.4 is 20.4 Å². The summed E-state index contributed by atoms with van der Waals surface area (Å²) in [4.78, 5) is 26.4. The summed E-state index contributed by atoms with van der Waals surface area (Å²) in [5, 5.41) is 6.33. The number of carbonyl (C=O) groups is 1. The Hall–Kier alpha value is -3.49. The molecule has 2 heterocycles. The lowest BCUT2D eigenvalue weighted by molar-refractivity contribution is 0.0412. The largest absolute Gasteiger partial charge is 0.367 e. The summed E-state index contributed by atoms with van der Waals surface area (Å²) in [6.07, 6.45) is 1.53. The van der Waals surface area contributed by atoms with Gasteiger partial charge in [-0.2, -0.15) is 4.98 Å². The highest BCUT2D eigenvalue weighted by Crippen LogP contribution is 2.30. The van der Waals surface area contributed by atoms with Crippen LogP contribution in [0.25, 0.3) is 0 Å². The predicted octanol–water partition coefficient (Wildman–Crippen LogP) is 3.48. The highest BCUT2D eigenvalue weighted by molar-refractivity contribution is 6.10. The quantitative estimate of drug-likeness (QED) is 0.506. The van der Waals surface area contributed by atoms with Gasteiger partial charge in [0.25, 0.3) is 5.91 Å². The SMILES string of the molecule is CCNc1ncc2c(n1)N(C)CCN(c1ccccc1COC(CNC)c1ccccc1)C2=O. The summed E-state index contributed by atoms with van der Waals surface area (Å²) in [5.41, 5.74) is 3.42. The molecule has 8 heteroatoms. The van der Waals surface area contributed by atoms with Crippen molar-refractivity contribution in [2.24, 2.45) is 0 Å². The maximum absolute atomic E-state index is 13.6. The normalized spacial score (nSPS) is 14.5. The first kappa shape index (κ1) is 23.7. The summed E-state index contributed by atoms with van der Waals surface area (Å²) >= 11 is 0. The molecule has 1 atom stereocenters. The minimum atomic E-state index is -0.107. The minimum absolute atomic E-state index is 0.0937. The van der Waals surface area contributed by atoms with Crippen LogP contribution >= 0.6 is 0 Å². The Labute approximate surface area is 201 Å². The predicted molar refractivity (Wildman–Crippen MR) is 135 cm³/mol. The van der Waals surface area contributed by atoms with E-state index in [4.69, 9.17) is 4.74 Å². The maximum atomic E-state index is 13.6. The Bertz CT molecular complexity index is 1110. The third-order valence-corrected chi connectivity index (χ3v) is 5.88. The molecule has 1 aromatic heterocycles. The van der Waals surface area contributed by atoms with Crippen molar-refractivity contribution in [1.82, 2.24) is 15.3 Å². The van der Waals surface area contributed by atoms with Crippen molar-refractivity contribution >= 4 is 23.4 Å². The number of carbonyl (C=O) groups excluding carboxylic acids is 1. The van der Waals surface area contributed by atoms with Crippen molar-refractivity contribution in [2.45, 2.75) is 19.6 Å². The molecule has 1 amide bonds. The first-order valence-electron chi connectivity index (χ1n) is 11.6. The van der Waals surface area contributed by atoms with Crippen molar-refractivity contribution in [3.05, 3.63) is 77.5 Å². The van der Waals surface area contributed by atoms with Gasteiger partial charge in [-0.15, -0.1) is 0 Å². The summed E-state index contributed by atoms with van der Waals surface area (Å²) < 4.78 is 6.34. The summed E-state index contributed by atoms with van der Waals surface area (Å²) in [6.45, 7) is 4.98. The van der Waals surface area contributed by atoms with Crippen LogP contribution in [0.2, 0.25) is 0 Å². The highest BCUT2D eigenvalue weighted by atomic mass is 16.5. The summed E-state index contributed by atoms with van der Waals surface area (Å²) in [5.74, 6) is 1.06. The zero-order valence-corrected chi connectivity index (χ0v) is 20.0. The molecule has 0 radical (unpaired) electrons. The minimum Gasteiger partial charge on any atom is -0.367 e. The van der Waals surface area contributed by atoms with Crippen molar-refractivity contribution in [2.75, 3.05) is 55.4 Å². The Morgan fingerprint density at radius 1 is 1.09 bits per heavy atom. The van der Waals surface area contributed by atoms with Gasteiger partial charge in [0.2, 0.25) is 5.95 Å². The molecule has 0 fully saturated rings. The molecule has 3 aromatic rings. The van der Waals surface area contributed by atoms with Gasteiger partial charge >= 0.3 is 0 Å². The Morgan fingerprint density at radius 3 is 2.62 bits per heavy atom. The molecule has 0 saturated heterocycles. The molecule has 1 aliphatic heterocycles. The zero-order chi connectivity index (χ0) is 23.9. The Kier molecular flexibility index (Phi) is 7.72. The van der Waals surface area contributed by atoms with Crippen LogP contribution in [0.15, 0.2) is 60.8 Å². The van der Waals surface area contributed by atoms with E-state index in [0.717, 1.165) is 16.8 Å². The van der Waals surface area contributed by atoms with E-state index in [9.17, 15) is 4.79 Å². The molecule has 1 unspecified atom stereocenters. The smallest absolute Gasteiger partial charge is 0.263 e. The van der Waals surface area contributed by atoms with Crippen LogP contribution in [-0.2, 0) is 11.3 Å². The van der Waals surface area contributed by atoms with Gasteiger partial charge in [-0.3, -0.25) is 4.79 Å². The van der Waals surface area contributed by atoms with Crippen LogP contribution in [0.4, 0.5) is 17.5 Å². The van der Waals surface area contributed by atoms with E-state index >= 15 is 0 Å². The fourth-order valence-electron chi connectivity index (χ4n) is 4.10. The van der Waals surface area contributed by atoms with Gasteiger partial charge in [-0.25, -0.2) is 4.98 Å². The number of amides is 1. The van der Waals surface area contributed by atoms with E-state index in [1.807, 2.05) is 73.3 Å². The Morgan fingerprint density at radius 2 is 1.85 bits per heavy atom. The van der Waals surface area contributed by atoms with Gasteiger partial charge < -0.3 is 25.2 Å². The van der Waals surface area contributed by atoms with Crippen LogP contribution in [0.3, 0.4) is 0 Å². The van der Waals surface area contributed by atoms with E-state index in [1.54, 1.807) is 6.20 Å². The van der Waals surface area contributed by atoms with Gasteiger partial charge in [-0.05, 0) is 25.6 Å². The number of aromatic nitrogens is 2. The number of likely N-dealkylation sites (N-methyl/N-ethyl adjacent to an activating group) is 2. The number of fused-ring (bicyclic) bond motifs is 1. The average Bonchev–Trinajstić information content (AvgIpc) is 2.99. The fraction of sp³-hybridized carbons (Fsp3) is 0.346. The molecule has 34 heavy (non-hydrogen) atoms. The molecule has 8 nitrogen and oxygen atoms in total. The van der Waals surface area contributed by atoms with Crippen LogP contribution in [0.5, 0.6) is 0 Å². The molecule has 1 aliphatic rings. The van der Waals surface area contributed by atoms with Crippen LogP contribution in [-0.4, -0.2) is 56.1 Å². The third-order valence-electron chi connectivity index (χ3n) is 5.88. The monoisotopic (exact) mass is 460 g/mol. The second-order valence-corrected chi connectivity index (χ2v) is 8.24. The maximum Gasteiger partial charge on any atom is 0.263 e. The molecule has 2 aromatic carbocycles. The Balaban J connectivity index is 1.60. The van der Waals surface area contributed by atoms with Crippen molar-refractivity contribution in [3.8, 4) is 0 Å². The van der Waals surface area contributed by atoms with Gasteiger partial charge in [0, 0.05) is 50.7 Å². The molecule has 2 N–H and O–H groups in total. The first-order valence-corrected chi connectivity index (χ1v) is 11.6. The number of nitrogens with one attached hydrogen (secondary N) is 2. The fourth-order valence-corrected chi connectivity index (χ4v) is 4.10. The molecular weight excluding hydrogens is 428 g/mol. The number of nitrogens with zero attached hydrogens (tertiary/aromatic N) is 4. The molecule has 0 spiro atoms. The number of benzene rings is 2. The van der Waals surface area contributed by atoms with Gasteiger partial charge in [0.15, 0.2) is 0 Å². The lowest BCUT2D eigenvalue weighted by Gasteiger charge is -2.25. The van der Waals surface area contributed by atoms with Gasteiger partial charge in [0.05, 0.1) is 12.7 Å². The van der Waals surface area contributed by atoms with Crippen molar-refractivity contribution in [1.29, 1.82) is 0 Å². The average molecular weight is 461 g/mol. The molecule has 0 bridgehead atoms. The van der Waals surface area contributed by atoms with E-state index in [0.29, 0.717) is 50.1 Å². The second kappa shape index (κ2) is 11.1. The summed E-state index contributed by atoms with van der Waals surface area (Å²) in [7, 11) is 3.87. The number of anilines is 3. The molecule has 0 saturated carbocycles. The number of ether oxygens (including phenoxy) is 1. The van der Waals surface area contributed by atoms with E-state index < -0.39 is 0 Å². The second-order valence-electron chi connectivity index (χ2n) is 8.24. The number of hydrogen-bond acceptors (Lipinski definition) is 7. The molecular formula is C26H32N6O2. The molecule has 178 valence electrons. The highest BCUT2D eigenvalue weighted by Gasteiger charge is 2.29. The van der Waals surface area contributed by atoms with Gasteiger partial charge in [0.1, 0.15) is 11.4 Å². The van der Waals surface area contributed by atoms with Crippen LogP contribution in [0, 0.1) is 0 Å². The molecule has 0 aliphatic carbocycles. The topological polar surface area (TPSA) is 82.6 Å². The van der Waals surface area contributed by atoms with Gasteiger partial charge in [-0.1, -0.05) is 48.5 Å². The lowest BCUT2D eigenvalue weighted by Crippen LogP contribution is -2.34. The van der Waals surface area contributed by atoms with Crippen LogP contribution in [0.1, 0.15) is 34.5 Å². The number of hydrogen-bond donors (Lipinski definition) is 2. The zero-order valence-electron chi connectivity index (χ0n) is 20.0. The lowest BCUT2D eigenvalue weighted by atomic mass is 10.1. The van der Waals surface area contributed by atoms with Crippen molar-refractivity contribution in [3.63, 3.8) is 0 Å². The third kappa shape index (κ3) is 5.18. The number of para-hydroxylation sites is 1. The van der Waals surface area contributed by atoms with E-state index in [-0.39, 0.29) is 12.0 Å². The summed E-state index contributed by atoms with van der Waals surface area (Å²) in [6, 6.07) is 18.1. The van der Waals surface area contributed by atoms with Crippen molar-refractivity contribution < 1.29 is 9.53 Å².